The zero-order chi connectivity index (χ0) is 20.4. The number of hydrogen-bond acceptors (Lipinski definition) is 0. The van der Waals surface area contributed by atoms with Crippen LogP contribution in [0.25, 0.3) is 0 Å². The van der Waals surface area contributed by atoms with E-state index in [1.54, 1.807) is 0 Å². The lowest BCUT2D eigenvalue weighted by Crippen LogP contribution is -2.31. The summed E-state index contributed by atoms with van der Waals surface area (Å²) >= 11 is 0. The number of unbranched alkanes of at least 4 members (excludes halogenated alkanes) is 2. The molecule has 0 heterocycles. The van der Waals surface area contributed by atoms with E-state index < -0.39 is 11.6 Å². The van der Waals surface area contributed by atoms with E-state index in [4.69, 9.17) is 0 Å². The molecule has 2 saturated carbocycles. The number of aryl methyl sites for hydroxylation is 1. The van der Waals surface area contributed by atoms with Gasteiger partial charge in [-0.3, -0.25) is 0 Å². The Hall–Kier alpha value is -0.920. The summed E-state index contributed by atoms with van der Waals surface area (Å²) in [5, 5.41) is 0. The van der Waals surface area contributed by atoms with Crippen molar-refractivity contribution in [3.63, 3.8) is 0 Å². The van der Waals surface area contributed by atoms with Crippen molar-refractivity contribution in [1.82, 2.24) is 0 Å². The van der Waals surface area contributed by atoms with E-state index in [9.17, 15) is 0 Å². The Balaban J connectivity index is 1.47. The van der Waals surface area contributed by atoms with Crippen LogP contribution in [0.2, 0.25) is 0 Å². The fourth-order valence-electron chi connectivity index (χ4n) is 6.80. The molecule has 3 aliphatic rings. The fourth-order valence-corrected chi connectivity index (χ4v) is 6.80. The summed E-state index contributed by atoms with van der Waals surface area (Å²) in [7, 11) is 0. The first-order valence-electron chi connectivity index (χ1n) is 12.6. The fraction of sp³-hybridized carbons (Fsp3) is 0.778. The van der Waals surface area contributed by atoms with E-state index in [2.05, 4.69) is 19.9 Å². The van der Waals surface area contributed by atoms with E-state index in [0.717, 1.165) is 55.4 Å². The van der Waals surface area contributed by atoms with Gasteiger partial charge in [0.25, 0.3) is 0 Å². The van der Waals surface area contributed by atoms with Gasteiger partial charge in [0.2, 0.25) is 0 Å². The molecular weight excluding hydrogens is 362 g/mol. The van der Waals surface area contributed by atoms with Crippen molar-refractivity contribution in [3.8, 4) is 0 Å². The van der Waals surface area contributed by atoms with Gasteiger partial charge >= 0.3 is 0 Å². The standard InChI is InChI=1S/C27H40F2/c1-3-5-6-7-19-9-11-23-17-25(27(29)26(28)24(23)15-19)22-13-12-20-14-18(4-2)8-10-21(20)16-22/h17-22H,3-16H2,1-2H3. The lowest BCUT2D eigenvalue weighted by atomic mass is 9.63. The van der Waals surface area contributed by atoms with E-state index in [1.807, 2.05) is 0 Å². The molecule has 1 aromatic rings. The van der Waals surface area contributed by atoms with Crippen LogP contribution >= 0.6 is 0 Å². The molecule has 0 nitrogen and oxygen atoms in total. The van der Waals surface area contributed by atoms with Crippen molar-refractivity contribution < 1.29 is 8.78 Å². The average molecular weight is 403 g/mol. The lowest BCUT2D eigenvalue weighted by molar-refractivity contribution is 0.115. The maximum atomic E-state index is 15.2. The quantitative estimate of drug-likeness (QED) is 0.419. The maximum Gasteiger partial charge on any atom is 0.162 e. The summed E-state index contributed by atoms with van der Waals surface area (Å²) in [6, 6.07) is 2.08. The summed E-state index contributed by atoms with van der Waals surface area (Å²) in [6.45, 7) is 4.53. The zero-order valence-electron chi connectivity index (χ0n) is 18.6. The van der Waals surface area contributed by atoms with Crippen LogP contribution in [0.5, 0.6) is 0 Å². The predicted octanol–water partition coefficient (Wildman–Crippen LogP) is 8.36. The summed E-state index contributed by atoms with van der Waals surface area (Å²) in [4.78, 5) is 0. The SMILES string of the molecule is CCCCCC1CCc2cc(C3CCC4CC(CC)CCC4C3)c(F)c(F)c2C1. The van der Waals surface area contributed by atoms with Crippen LogP contribution in [0.4, 0.5) is 8.78 Å². The van der Waals surface area contributed by atoms with Gasteiger partial charge in [-0.1, -0.05) is 58.4 Å². The molecule has 0 aromatic heterocycles. The smallest absolute Gasteiger partial charge is 0.162 e. The summed E-state index contributed by atoms with van der Waals surface area (Å²) in [5.41, 5.74) is 2.53. The molecule has 3 aliphatic carbocycles. The second-order valence-electron chi connectivity index (χ2n) is 10.5. The van der Waals surface area contributed by atoms with Gasteiger partial charge in [-0.25, -0.2) is 8.78 Å². The Labute approximate surface area is 176 Å². The van der Waals surface area contributed by atoms with Gasteiger partial charge in [-0.15, -0.1) is 0 Å². The van der Waals surface area contributed by atoms with Gasteiger partial charge in [0.15, 0.2) is 11.6 Å². The summed E-state index contributed by atoms with van der Waals surface area (Å²) in [6.07, 6.45) is 16.3. The number of halogens is 2. The van der Waals surface area contributed by atoms with Crippen LogP contribution < -0.4 is 0 Å². The molecule has 0 bridgehead atoms. The Morgan fingerprint density at radius 3 is 2.45 bits per heavy atom. The summed E-state index contributed by atoms with van der Waals surface area (Å²) < 4.78 is 30.3. The topological polar surface area (TPSA) is 0 Å². The Morgan fingerprint density at radius 1 is 0.862 bits per heavy atom. The van der Waals surface area contributed by atoms with Crippen molar-refractivity contribution in [2.45, 2.75) is 110 Å². The van der Waals surface area contributed by atoms with Crippen molar-refractivity contribution >= 4 is 0 Å². The van der Waals surface area contributed by atoms with E-state index in [-0.39, 0.29) is 5.92 Å². The molecule has 2 heteroatoms. The molecule has 29 heavy (non-hydrogen) atoms. The molecule has 0 saturated heterocycles. The normalized spacial score (nSPS) is 31.9. The van der Waals surface area contributed by atoms with Crippen molar-refractivity contribution in [2.24, 2.45) is 23.7 Å². The highest BCUT2D eigenvalue weighted by atomic mass is 19.2. The van der Waals surface area contributed by atoms with Gasteiger partial charge in [0.05, 0.1) is 0 Å². The minimum Gasteiger partial charge on any atom is -0.203 e. The molecule has 0 radical (unpaired) electrons. The van der Waals surface area contributed by atoms with Gasteiger partial charge in [-0.05, 0) is 97.6 Å². The van der Waals surface area contributed by atoms with Crippen molar-refractivity contribution in [1.29, 1.82) is 0 Å². The van der Waals surface area contributed by atoms with Gasteiger partial charge in [0.1, 0.15) is 0 Å². The molecule has 162 valence electrons. The number of hydrogen-bond donors (Lipinski definition) is 0. The highest BCUT2D eigenvalue weighted by molar-refractivity contribution is 5.38. The zero-order valence-corrected chi connectivity index (χ0v) is 18.6. The van der Waals surface area contributed by atoms with Crippen molar-refractivity contribution in [3.05, 3.63) is 34.4 Å². The minimum absolute atomic E-state index is 0.233. The molecule has 0 spiro atoms. The third-order valence-electron chi connectivity index (χ3n) is 8.70. The van der Waals surface area contributed by atoms with Crippen LogP contribution in [0.15, 0.2) is 6.07 Å². The Morgan fingerprint density at radius 2 is 1.66 bits per heavy atom. The Kier molecular flexibility index (Phi) is 6.97. The molecule has 0 aliphatic heterocycles. The maximum absolute atomic E-state index is 15.2. The predicted molar refractivity (Wildman–Crippen MR) is 117 cm³/mol. The van der Waals surface area contributed by atoms with Crippen molar-refractivity contribution in [2.75, 3.05) is 0 Å². The van der Waals surface area contributed by atoms with Gasteiger partial charge in [-0.2, -0.15) is 0 Å². The van der Waals surface area contributed by atoms with Crippen LogP contribution in [-0.4, -0.2) is 0 Å². The van der Waals surface area contributed by atoms with Gasteiger partial charge < -0.3 is 0 Å². The molecule has 5 unspecified atom stereocenters. The van der Waals surface area contributed by atoms with Crippen LogP contribution in [0, 0.1) is 35.3 Å². The van der Waals surface area contributed by atoms with E-state index in [0.29, 0.717) is 17.0 Å². The van der Waals surface area contributed by atoms with Crippen LogP contribution in [-0.2, 0) is 12.8 Å². The molecule has 0 amide bonds. The second-order valence-corrected chi connectivity index (χ2v) is 10.5. The minimum atomic E-state index is -0.511. The molecule has 4 rings (SSSR count). The largest absolute Gasteiger partial charge is 0.203 e. The molecule has 0 N–H and O–H groups in total. The highest BCUT2D eigenvalue weighted by Crippen LogP contribution is 2.49. The first kappa shape index (κ1) is 21.3. The second kappa shape index (κ2) is 9.48. The third-order valence-corrected chi connectivity index (χ3v) is 8.70. The molecular formula is C27H40F2. The van der Waals surface area contributed by atoms with E-state index >= 15 is 8.78 Å². The Bertz CT molecular complexity index is 694. The first-order chi connectivity index (χ1) is 14.1. The molecule has 2 fully saturated rings. The first-order valence-corrected chi connectivity index (χ1v) is 12.6. The number of fused-ring (bicyclic) bond motifs is 2. The third kappa shape index (κ3) is 4.57. The highest BCUT2D eigenvalue weighted by Gasteiger charge is 2.37. The number of rotatable bonds is 6. The number of benzene rings is 1. The average Bonchev–Trinajstić information content (AvgIpc) is 2.76. The van der Waals surface area contributed by atoms with Crippen LogP contribution in [0.3, 0.4) is 0 Å². The monoisotopic (exact) mass is 402 g/mol. The molecule has 1 aromatic carbocycles. The van der Waals surface area contributed by atoms with Crippen LogP contribution in [0.1, 0.15) is 114 Å². The van der Waals surface area contributed by atoms with Gasteiger partial charge in [0, 0.05) is 0 Å². The molecule has 5 atom stereocenters. The summed E-state index contributed by atoms with van der Waals surface area (Å²) in [5.74, 6) is 2.22. The lowest BCUT2D eigenvalue weighted by Gasteiger charge is -2.42. The van der Waals surface area contributed by atoms with E-state index in [1.165, 1.54) is 57.8 Å².